The molecule has 3 rings (SSSR count). The van der Waals surface area contributed by atoms with E-state index in [1.807, 2.05) is 0 Å². The van der Waals surface area contributed by atoms with Gasteiger partial charge in [0.05, 0.1) is 27.6 Å². The molecule has 1 heterocycles. The van der Waals surface area contributed by atoms with Gasteiger partial charge >= 0.3 is 5.97 Å². The molecule has 0 aliphatic carbocycles. The molecule has 26 heavy (non-hydrogen) atoms. The van der Waals surface area contributed by atoms with Crippen LogP contribution in [-0.4, -0.2) is 22.7 Å². The fraction of sp³-hybridized carbons (Fsp3) is 0.0556. The fourth-order valence-corrected chi connectivity index (χ4v) is 3.10. The molecule has 0 atom stereocenters. The Morgan fingerprint density at radius 2 is 1.85 bits per heavy atom. The quantitative estimate of drug-likeness (QED) is 0.713. The molecule has 1 amide bonds. The van der Waals surface area contributed by atoms with Crippen LogP contribution in [0.4, 0.5) is 5.69 Å². The largest absolute Gasteiger partial charge is 0.478 e. The van der Waals surface area contributed by atoms with E-state index in [0.717, 1.165) is 5.01 Å². The van der Waals surface area contributed by atoms with Crippen LogP contribution in [0, 0.1) is 0 Å². The lowest BCUT2D eigenvalue weighted by Gasteiger charge is -2.13. The molecule has 0 fully saturated rings. The molecular weight excluding hydrogens is 399 g/mol. The second-order valence-corrected chi connectivity index (χ2v) is 6.75. The number of hydrogen-bond acceptors (Lipinski definition) is 3. The SMILES string of the molecule is CC1=NN(c2ccc(Cl)c(C(=O)O)c2)C(=O)C1=Cc1ccc(Cl)cc1Cl. The van der Waals surface area contributed by atoms with Crippen molar-refractivity contribution >= 4 is 64.2 Å². The molecule has 2 aromatic rings. The molecule has 0 saturated heterocycles. The van der Waals surface area contributed by atoms with E-state index in [2.05, 4.69) is 5.10 Å². The zero-order chi connectivity index (χ0) is 19.0. The van der Waals surface area contributed by atoms with Crippen molar-refractivity contribution in [3.05, 3.63) is 68.2 Å². The van der Waals surface area contributed by atoms with E-state index in [-0.39, 0.29) is 10.6 Å². The average Bonchev–Trinajstić information content (AvgIpc) is 2.85. The van der Waals surface area contributed by atoms with E-state index >= 15 is 0 Å². The monoisotopic (exact) mass is 408 g/mol. The number of hydrogen-bond donors (Lipinski definition) is 1. The number of halogens is 3. The lowest BCUT2D eigenvalue weighted by molar-refractivity contribution is -0.114. The third kappa shape index (κ3) is 3.46. The van der Waals surface area contributed by atoms with Gasteiger partial charge in [-0.05, 0) is 48.9 Å². The van der Waals surface area contributed by atoms with Crippen LogP contribution in [-0.2, 0) is 4.79 Å². The summed E-state index contributed by atoms with van der Waals surface area (Å²) in [5.41, 5.74) is 1.65. The minimum Gasteiger partial charge on any atom is -0.478 e. The summed E-state index contributed by atoms with van der Waals surface area (Å²) in [7, 11) is 0. The normalized spacial score (nSPS) is 15.5. The van der Waals surface area contributed by atoms with E-state index in [9.17, 15) is 14.7 Å². The summed E-state index contributed by atoms with van der Waals surface area (Å²) in [5.74, 6) is -1.58. The molecule has 2 aromatic carbocycles. The van der Waals surface area contributed by atoms with Crippen molar-refractivity contribution in [1.29, 1.82) is 0 Å². The Labute approximate surface area is 164 Å². The molecule has 0 unspecified atom stereocenters. The number of rotatable bonds is 3. The van der Waals surface area contributed by atoms with Crippen LogP contribution in [0.1, 0.15) is 22.8 Å². The van der Waals surface area contributed by atoms with Crippen molar-refractivity contribution in [3.8, 4) is 0 Å². The fourth-order valence-electron chi connectivity index (χ4n) is 2.44. The van der Waals surface area contributed by atoms with Gasteiger partial charge in [-0.1, -0.05) is 40.9 Å². The number of carboxylic acids is 1. The van der Waals surface area contributed by atoms with Gasteiger partial charge in [-0.25, -0.2) is 4.79 Å². The van der Waals surface area contributed by atoms with Gasteiger partial charge in [0.15, 0.2) is 0 Å². The first-order valence-corrected chi connectivity index (χ1v) is 8.51. The van der Waals surface area contributed by atoms with E-state index in [1.165, 1.54) is 18.2 Å². The Morgan fingerprint density at radius 3 is 2.50 bits per heavy atom. The molecule has 1 N–H and O–H groups in total. The van der Waals surface area contributed by atoms with Crippen LogP contribution in [0.25, 0.3) is 6.08 Å². The van der Waals surface area contributed by atoms with Crippen molar-refractivity contribution in [1.82, 2.24) is 0 Å². The highest BCUT2D eigenvalue weighted by molar-refractivity contribution is 6.37. The van der Waals surface area contributed by atoms with Crippen LogP contribution in [0.3, 0.4) is 0 Å². The molecule has 0 saturated carbocycles. The third-order valence-electron chi connectivity index (χ3n) is 3.75. The van der Waals surface area contributed by atoms with Crippen LogP contribution < -0.4 is 5.01 Å². The van der Waals surface area contributed by atoms with Gasteiger partial charge in [0, 0.05) is 10.0 Å². The van der Waals surface area contributed by atoms with Gasteiger partial charge in [-0.3, -0.25) is 4.79 Å². The number of amides is 1. The molecule has 5 nitrogen and oxygen atoms in total. The Kier molecular flexibility index (Phi) is 5.05. The first-order chi connectivity index (χ1) is 12.3. The van der Waals surface area contributed by atoms with Crippen molar-refractivity contribution in [2.24, 2.45) is 5.10 Å². The molecule has 0 aromatic heterocycles. The molecular formula is C18H11Cl3N2O3. The second-order valence-electron chi connectivity index (χ2n) is 5.50. The molecule has 1 aliphatic rings. The number of nitrogens with zero attached hydrogens (tertiary/aromatic N) is 2. The average molecular weight is 410 g/mol. The van der Waals surface area contributed by atoms with Gasteiger partial charge in [-0.2, -0.15) is 10.1 Å². The molecule has 0 spiro atoms. The first-order valence-electron chi connectivity index (χ1n) is 7.37. The number of carboxylic acid groups (broad SMARTS) is 1. The van der Waals surface area contributed by atoms with E-state index < -0.39 is 11.9 Å². The number of benzene rings is 2. The minimum absolute atomic E-state index is 0.0808. The number of hydrazone groups is 1. The Bertz CT molecular complexity index is 999. The first kappa shape index (κ1) is 18.5. The number of anilines is 1. The Balaban J connectivity index is 1.99. The maximum atomic E-state index is 12.8. The Hall–Kier alpha value is -2.34. The highest BCUT2D eigenvalue weighted by atomic mass is 35.5. The lowest BCUT2D eigenvalue weighted by atomic mass is 10.1. The predicted octanol–water partition coefficient (Wildman–Crippen LogP) is 5.15. The third-order valence-corrected chi connectivity index (χ3v) is 4.64. The highest BCUT2D eigenvalue weighted by Gasteiger charge is 2.29. The van der Waals surface area contributed by atoms with Crippen LogP contribution >= 0.6 is 34.8 Å². The summed E-state index contributed by atoms with van der Waals surface area (Å²) in [6, 6.07) is 9.19. The molecule has 1 aliphatic heterocycles. The summed E-state index contributed by atoms with van der Waals surface area (Å²) >= 11 is 17.9. The molecule has 132 valence electrons. The van der Waals surface area contributed by atoms with E-state index in [4.69, 9.17) is 34.8 Å². The zero-order valence-electron chi connectivity index (χ0n) is 13.3. The topological polar surface area (TPSA) is 70.0 Å². The zero-order valence-corrected chi connectivity index (χ0v) is 15.6. The molecule has 0 bridgehead atoms. The summed E-state index contributed by atoms with van der Waals surface area (Å²) in [6.07, 6.45) is 1.62. The van der Waals surface area contributed by atoms with E-state index in [1.54, 1.807) is 31.2 Å². The van der Waals surface area contributed by atoms with E-state index in [0.29, 0.717) is 32.6 Å². The van der Waals surface area contributed by atoms with Crippen molar-refractivity contribution in [2.45, 2.75) is 6.92 Å². The summed E-state index contributed by atoms with van der Waals surface area (Å²) in [6.45, 7) is 1.68. The van der Waals surface area contributed by atoms with Gasteiger partial charge < -0.3 is 5.11 Å². The lowest BCUT2D eigenvalue weighted by Crippen LogP contribution is -2.21. The predicted molar refractivity (Wildman–Crippen MR) is 103 cm³/mol. The number of carbonyl (C=O) groups excluding carboxylic acids is 1. The standard InChI is InChI=1S/C18H11Cl3N2O3/c1-9-13(6-10-2-3-11(19)7-16(10)21)17(24)23(22-9)12-4-5-15(20)14(8-12)18(25)26/h2-8H,1H3,(H,25,26). The van der Waals surface area contributed by atoms with Crippen molar-refractivity contribution in [3.63, 3.8) is 0 Å². The van der Waals surface area contributed by atoms with Crippen LogP contribution in [0.15, 0.2) is 47.1 Å². The summed E-state index contributed by atoms with van der Waals surface area (Å²) in [5, 5.41) is 15.5. The van der Waals surface area contributed by atoms with Crippen molar-refractivity contribution in [2.75, 3.05) is 5.01 Å². The summed E-state index contributed by atoms with van der Waals surface area (Å²) in [4.78, 5) is 24.0. The number of aromatic carboxylic acids is 1. The summed E-state index contributed by atoms with van der Waals surface area (Å²) < 4.78 is 0. The molecule has 8 heteroatoms. The van der Waals surface area contributed by atoms with Gasteiger partial charge in [-0.15, -0.1) is 0 Å². The smallest absolute Gasteiger partial charge is 0.337 e. The van der Waals surface area contributed by atoms with Crippen molar-refractivity contribution < 1.29 is 14.7 Å². The molecule has 0 radical (unpaired) electrons. The van der Waals surface area contributed by atoms with Crippen LogP contribution in [0.2, 0.25) is 15.1 Å². The maximum absolute atomic E-state index is 12.8. The second kappa shape index (κ2) is 7.11. The number of carbonyl (C=O) groups is 2. The maximum Gasteiger partial charge on any atom is 0.337 e. The Morgan fingerprint density at radius 1 is 1.12 bits per heavy atom. The van der Waals surface area contributed by atoms with Gasteiger partial charge in [0.2, 0.25) is 0 Å². The van der Waals surface area contributed by atoms with Crippen LogP contribution in [0.5, 0.6) is 0 Å². The van der Waals surface area contributed by atoms with Gasteiger partial charge in [0.25, 0.3) is 5.91 Å². The highest BCUT2D eigenvalue weighted by Crippen LogP contribution is 2.30. The van der Waals surface area contributed by atoms with Gasteiger partial charge in [0.1, 0.15) is 0 Å². The minimum atomic E-state index is -1.19.